The number of carbonyl (C=O) groups excluding carboxylic acids is 1. The summed E-state index contributed by atoms with van der Waals surface area (Å²) < 4.78 is 13.2. The number of rotatable bonds is 1. The molecule has 0 N–H and O–H groups in total. The van der Waals surface area contributed by atoms with Gasteiger partial charge in [-0.2, -0.15) is 0 Å². The summed E-state index contributed by atoms with van der Waals surface area (Å²) in [5, 5.41) is 0.0209. The molecule has 0 aromatic heterocycles. The van der Waals surface area contributed by atoms with Gasteiger partial charge in [-0.1, -0.05) is 17.7 Å². The molecule has 17 heavy (non-hydrogen) atoms. The molecule has 1 aromatic rings. The van der Waals surface area contributed by atoms with Crippen LogP contribution in [0, 0.1) is 5.82 Å². The molecular formula is C12H12Cl2FNO. The first-order valence-electron chi connectivity index (χ1n) is 5.47. The van der Waals surface area contributed by atoms with Crippen molar-refractivity contribution in [3.63, 3.8) is 0 Å². The summed E-state index contributed by atoms with van der Waals surface area (Å²) in [6, 6.07) is 4.27. The summed E-state index contributed by atoms with van der Waals surface area (Å²) in [5.41, 5.74) is 0.222. The maximum atomic E-state index is 13.2. The lowest BCUT2D eigenvalue weighted by atomic mass is 10.1. The Labute approximate surface area is 109 Å². The van der Waals surface area contributed by atoms with Gasteiger partial charge in [0.25, 0.3) is 5.91 Å². The van der Waals surface area contributed by atoms with Crippen molar-refractivity contribution in [2.45, 2.75) is 18.2 Å². The minimum absolute atomic E-state index is 0.106. The molecule has 0 aliphatic carbocycles. The van der Waals surface area contributed by atoms with Crippen LogP contribution in [-0.4, -0.2) is 29.3 Å². The summed E-state index contributed by atoms with van der Waals surface area (Å²) in [7, 11) is 0. The number of nitrogens with zero attached hydrogens (tertiary/aromatic N) is 1. The van der Waals surface area contributed by atoms with Gasteiger partial charge in [-0.3, -0.25) is 4.79 Å². The molecule has 5 heteroatoms. The van der Waals surface area contributed by atoms with Gasteiger partial charge in [0, 0.05) is 18.5 Å². The first kappa shape index (κ1) is 12.7. The minimum Gasteiger partial charge on any atom is -0.338 e. The lowest BCUT2D eigenvalue weighted by Crippen LogP contribution is -2.38. The predicted octanol–water partition coefficient (Wildman–Crippen LogP) is 3.32. The van der Waals surface area contributed by atoms with E-state index in [1.807, 2.05) is 0 Å². The highest BCUT2D eigenvalue weighted by Crippen LogP contribution is 2.23. The molecular weight excluding hydrogens is 264 g/mol. The highest BCUT2D eigenvalue weighted by Gasteiger charge is 2.24. The second-order valence-corrected chi connectivity index (χ2v) is 5.06. The van der Waals surface area contributed by atoms with Crippen molar-refractivity contribution in [3.8, 4) is 0 Å². The SMILES string of the molecule is O=C(c1cccc(F)c1Cl)N1CCC(Cl)CC1. The van der Waals surface area contributed by atoms with Gasteiger partial charge in [0.2, 0.25) is 0 Å². The molecule has 1 heterocycles. The standard InChI is InChI=1S/C12H12Cl2FNO/c13-8-4-6-16(7-5-8)12(17)9-2-1-3-10(15)11(9)14/h1-3,8H,4-7H2. The number of hydrogen-bond donors (Lipinski definition) is 0. The van der Waals surface area contributed by atoms with Crippen molar-refractivity contribution < 1.29 is 9.18 Å². The van der Waals surface area contributed by atoms with E-state index in [1.165, 1.54) is 12.1 Å². The Morgan fingerprint density at radius 2 is 2.00 bits per heavy atom. The van der Waals surface area contributed by atoms with Crippen molar-refractivity contribution in [2.75, 3.05) is 13.1 Å². The number of likely N-dealkylation sites (tertiary alicyclic amines) is 1. The molecule has 0 spiro atoms. The molecule has 1 aliphatic heterocycles. The van der Waals surface area contributed by atoms with E-state index in [0.717, 1.165) is 12.8 Å². The van der Waals surface area contributed by atoms with Crippen LogP contribution in [-0.2, 0) is 0 Å². The minimum atomic E-state index is -0.565. The van der Waals surface area contributed by atoms with Crippen molar-refractivity contribution in [1.82, 2.24) is 4.90 Å². The van der Waals surface area contributed by atoms with E-state index in [4.69, 9.17) is 23.2 Å². The Kier molecular flexibility index (Phi) is 3.89. The van der Waals surface area contributed by atoms with E-state index in [-0.39, 0.29) is 21.9 Å². The van der Waals surface area contributed by atoms with Gasteiger partial charge in [0.1, 0.15) is 5.82 Å². The molecule has 1 aromatic carbocycles. The average molecular weight is 276 g/mol. The summed E-state index contributed by atoms with van der Waals surface area (Å²) in [6.07, 6.45) is 1.53. The zero-order chi connectivity index (χ0) is 12.4. The van der Waals surface area contributed by atoms with Crippen LogP contribution in [0.2, 0.25) is 5.02 Å². The Morgan fingerprint density at radius 3 is 2.65 bits per heavy atom. The van der Waals surface area contributed by atoms with E-state index >= 15 is 0 Å². The molecule has 2 nitrogen and oxygen atoms in total. The Bertz CT molecular complexity index is 431. The fourth-order valence-corrected chi connectivity index (χ4v) is 2.29. The topological polar surface area (TPSA) is 20.3 Å². The van der Waals surface area contributed by atoms with Gasteiger partial charge in [0.15, 0.2) is 0 Å². The van der Waals surface area contributed by atoms with Crippen molar-refractivity contribution in [2.24, 2.45) is 0 Å². The fourth-order valence-electron chi connectivity index (χ4n) is 1.89. The third-order valence-corrected chi connectivity index (χ3v) is 3.71. The third kappa shape index (κ3) is 2.72. The van der Waals surface area contributed by atoms with E-state index in [0.29, 0.717) is 13.1 Å². The number of hydrogen-bond acceptors (Lipinski definition) is 1. The van der Waals surface area contributed by atoms with E-state index < -0.39 is 5.82 Å². The van der Waals surface area contributed by atoms with Crippen molar-refractivity contribution >= 4 is 29.1 Å². The molecule has 92 valence electrons. The number of benzene rings is 1. The van der Waals surface area contributed by atoms with Gasteiger partial charge in [0.05, 0.1) is 10.6 Å². The first-order chi connectivity index (χ1) is 8.09. The number of alkyl halides is 1. The number of halogens is 3. The molecule has 0 atom stereocenters. The van der Waals surface area contributed by atoms with Crippen LogP contribution in [0.3, 0.4) is 0 Å². The highest BCUT2D eigenvalue weighted by atomic mass is 35.5. The zero-order valence-corrected chi connectivity index (χ0v) is 10.6. The lowest BCUT2D eigenvalue weighted by Gasteiger charge is -2.29. The molecule has 1 saturated heterocycles. The van der Waals surface area contributed by atoms with Crippen LogP contribution in [0.1, 0.15) is 23.2 Å². The van der Waals surface area contributed by atoms with Crippen LogP contribution < -0.4 is 0 Å². The average Bonchev–Trinajstić information content (AvgIpc) is 2.33. The largest absolute Gasteiger partial charge is 0.338 e. The zero-order valence-electron chi connectivity index (χ0n) is 9.13. The lowest BCUT2D eigenvalue weighted by molar-refractivity contribution is 0.0726. The summed E-state index contributed by atoms with van der Waals surface area (Å²) in [5.74, 6) is -0.789. The predicted molar refractivity (Wildman–Crippen MR) is 66.2 cm³/mol. The number of piperidine rings is 1. The molecule has 0 unspecified atom stereocenters. The number of amides is 1. The first-order valence-corrected chi connectivity index (χ1v) is 6.28. The molecule has 0 bridgehead atoms. The monoisotopic (exact) mass is 275 g/mol. The number of carbonyl (C=O) groups is 1. The van der Waals surface area contributed by atoms with Gasteiger partial charge < -0.3 is 4.90 Å². The molecule has 1 fully saturated rings. The smallest absolute Gasteiger partial charge is 0.255 e. The van der Waals surface area contributed by atoms with Gasteiger partial charge in [-0.15, -0.1) is 11.6 Å². The van der Waals surface area contributed by atoms with Gasteiger partial charge >= 0.3 is 0 Å². The van der Waals surface area contributed by atoms with Crippen LogP contribution in [0.4, 0.5) is 4.39 Å². The molecule has 0 radical (unpaired) electrons. The van der Waals surface area contributed by atoms with Crippen LogP contribution in [0.5, 0.6) is 0 Å². The maximum Gasteiger partial charge on any atom is 0.255 e. The van der Waals surface area contributed by atoms with Crippen LogP contribution in [0.25, 0.3) is 0 Å². The highest BCUT2D eigenvalue weighted by molar-refractivity contribution is 6.34. The Hall–Kier alpha value is -0.800. The fraction of sp³-hybridized carbons (Fsp3) is 0.417. The third-order valence-electron chi connectivity index (χ3n) is 2.89. The van der Waals surface area contributed by atoms with Gasteiger partial charge in [-0.05, 0) is 25.0 Å². The maximum absolute atomic E-state index is 13.2. The molecule has 1 amide bonds. The van der Waals surface area contributed by atoms with Gasteiger partial charge in [-0.25, -0.2) is 4.39 Å². The Morgan fingerprint density at radius 1 is 1.35 bits per heavy atom. The summed E-state index contributed by atoms with van der Waals surface area (Å²) in [4.78, 5) is 13.8. The molecule has 2 rings (SSSR count). The van der Waals surface area contributed by atoms with E-state index in [2.05, 4.69) is 0 Å². The normalized spacial score (nSPS) is 17.2. The molecule has 1 aliphatic rings. The van der Waals surface area contributed by atoms with Crippen molar-refractivity contribution in [1.29, 1.82) is 0 Å². The Balaban J connectivity index is 2.17. The van der Waals surface area contributed by atoms with Crippen molar-refractivity contribution in [3.05, 3.63) is 34.6 Å². The van der Waals surface area contributed by atoms with E-state index in [9.17, 15) is 9.18 Å². The second-order valence-electron chi connectivity index (χ2n) is 4.07. The van der Waals surface area contributed by atoms with Crippen LogP contribution in [0.15, 0.2) is 18.2 Å². The summed E-state index contributed by atoms with van der Waals surface area (Å²) >= 11 is 11.8. The summed E-state index contributed by atoms with van der Waals surface area (Å²) in [6.45, 7) is 1.19. The second kappa shape index (κ2) is 5.23. The van der Waals surface area contributed by atoms with E-state index in [1.54, 1.807) is 11.0 Å². The quantitative estimate of drug-likeness (QED) is 0.720. The molecule has 0 saturated carbocycles. The van der Waals surface area contributed by atoms with Crippen LogP contribution >= 0.6 is 23.2 Å².